The SMILES string of the molecule is CCCN(C(C)C)S1(C)CCCC1. The van der Waals surface area contributed by atoms with Gasteiger partial charge in [0.25, 0.3) is 0 Å². The molecule has 1 saturated heterocycles. The van der Waals surface area contributed by atoms with Gasteiger partial charge in [-0.3, -0.25) is 4.31 Å². The smallest absolute Gasteiger partial charge is 0.0130 e. The molecule has 1 nitrogen and oxygen atoms in total. The second-order valence-electron chi connectivity index (χ2n) is 4.57. The fourth-order valence-corrected chi connectivity index (χ4v) is 6.34. The molecule has 1 rings (SSSR count). The quantitative estimate of drug-likeness (QED) is 0.678. The second-order valence-corrected chi connectivity index (χ2v) is 8.30. The molecule has 0 atom stereocenters. The summed E-state index contributed by atoms with van der Waals surface area (Å²) in [6, 6.07) is 0.748. The molecule has 0 N–H and O–H groups in total. The summed E-state index contributed by atoms with van der Waals surface area (Å²) in [5.74, 6) is 2.98. The Morgan fingerprint density at radius 1 is 1.23 bits per heavy atom. The van der Waals surface area contributed by atoms with E-state index in [0.717, 1.165) is 6.04 Å². The van der Waals surface area contributed by atoms with Gasteiger partial charge in [0.1, 0.15) is 0 Å². The fraction of sp³-hybridized carbons (Fsp3) is 1.00. The van der Waals surface area contributed by atoms with E-state index in [1.807, 2.05) is 0 Å². The van der Waals surface area contributed by atoms with Gasteiger partial charge in [-0.1, -0.05) is 6.92 Å². The molecule has 0 aliphatic carbocycles. The first kappa shape index (κ1) is 11.4. The predicted molar refractivity (Wildman–Crippen MR) is 64.6 cm³/mol. The molecular weight excluding hydrogens is 178 g/mol. The van der Waals surface area contributed by atoms with Crippen LogP contribution < -0.4 is 0 Å². The predicted octanol–water partition coefficient (Wildman–Crippen LogP) is 3.25. The zero-order chi connectivity index (χ0) is 9.90. The van der Waals surface area contributed by atoms with E-state index in [1.165, 1.54) is 37.3 Å². The van der Waals surface area contributed by atoms with Crippen LogP contribution in [0.1, 0.15) is 40.0 Å². The lowest BCUT2D eigenvalue weighted by molar-refractivity contribution is 0.386. The van der Waals surface area contributed by atoms with Gasteiger partial charge in [0, 0.05) is 12.6 Å². The van der Waals surface area contributed by atoms with Crippen molar-refractivity contribution in [2.24, 2.45) is 0 Å². The van der Waals surface area contributed by atoms with E-state index >= 15 is 0 Å². The minimum atomic E-state index is -0.373. The molecular formula is C11H25NS. The zero-order valence-electron chi connectivity index (χ0n) is 9.68. The van der Waals surface area contributed by atoms with Crippen LogP contribution in [0.3, 0.4) is 0 Å². The van der Waals surface area contributed by atoms with E-state index in [0.29, 0.717) is 0 Å². The Bertz CT molecular complexity index is 150. The molecule has 80 valence electrons. The van der Waals surface area contributed by atoms with Gasteiger partial charge in [-0.2, -0.15) is 10.2 Å². The lowest BCUT2D eigenvalue weighted by Gasteiger charge is -2.46. The maximum Gasteiger partial charge on any atom is 0.0130 e. The third-order valence-electron chi connectivity index (χ3n) is 3.00. The van der Waals surface area contributed by atoms with Crippen LogP contribution in [-0.2, 0) is 0 Å². The van der Waals surface area contributed by atoms with Crippen LogP contribution in [0.5, 0.6) is 0 Å². The average molecular weight is 203 g/mol. The standard InChI is InChI=1S/C11H25NS/c1-5-8-12(11(2)3)13(4)9-6-7-10-13/h11H,5-10H2,1-4H3. The van der Waals surface area contributed by atoms with Crippen LogP contribution >= 0.6 is 10.2 Å². The van der Waals surface area contributed by atoms with E-state index in [-0.39, 0.29) is 10.2 Å². The molecule has 0 saturated carbocycles. The Balaban J connectivity index is 2.61. The second kappa shape index (κ2) is 4.70. The van der Waals surface area contributed by atoms with Crippen molar-refractivity contribution in [3.8, 4) is 0 Å². The molecule has 0 aromatic carbocycles. The highest BCUT2D eigenvalue weighted by molar-refractivity contribution is 8.31. The molecule has 1 aliphatic heterocycles. The summed E-state index contributed by atoms with van der Waals surface area (Å²) < 4.78 is 2.79. The summed E-state index contributed by atoms with van der Waals surface area (Å²) in [4.78, 5) is 0. The van der Waals surface area contributed by atoms with Gasteiger partial charge in [-0.05, 0) is 50.9 Å². The van der Waals surface area contributed by atoms with Gasteiger partial charge in [-0.25, -0.2) is 0 Å². The molecule has 0 spiro atoms. The molecule has 1 heterocycles. The van der Waals surface area contributed by atoms with E-state index < -0.39 is 0 Å². The Kier molecular flexibility index (Phi) is 4.11. The summed E-state index contributed by atoms with van der Waals surface area (Å²) >= 11 is 0. The summed E-state index contributed by atoms with van der Waals surface area (Å²) in [5.41, 5.74) is 0. The van der Waals surface area contributed by atoms with Crippen LogP contribution in [0.15, 0.2) is 0 Å². The number of hydrogen-bond donors (Lipinski definition) is 0. The lowest BCUT2D eigenvalue weighted by atomic mass is 10.4. The Labute approximate surface area is 85.3 Å². The molecule has 0 amide bonds. The molecule has 1 fully saturated rings. The van der Waals surface area contributed by atoms with Gasteiger partial charge in [0.15, 0.2) is 0 Å². The largest absolute Gasteiger partial charge is 0.265 e. The summed E-state index contributed by atoms with van der Waals surface area (Å²) in [6.45, 7) is 8.31. The molecule has 0 bridgehead atoms. The zero-order valence-corrected chi connectivity index (χ0v) is 10.5. The highest BCUT2D eigenvalue weighted by atomic mass is 32.3. The van der Waals surface area contributed by atoms with E-state index in [2.05, 4.69) is 31.3 Å². The van der Waals surface area contributed by atoms with Crippen LogP contribution in [0, 0.1) is 0 Å². The molecule has 0 radical (unpaired) electrons. The minimum absolute atomic E-state index is 0.373. The highest BCUT2D eigenvalue weighted by Gasteiger charge is 2.30. The first-order valence-corrected chi connectivity index (χ1v) is 7.94. The summed E-state index contributed by atoms with van der Waals surface area (Å²) in [7, 11) is -0.373. The van der Waals surface area contributed by atoms with Crippen molar-refractivity contribution in [1.82, 2.24) is 4.31 Å². The van der Waals surface area contributed by atoms with Gasteiger partial charge in [0.2, 0.25) is 0 Å². The van der Waals surface area contributed by atoms with Crippen LogP contribution in [0.4, 0.5) is 0 Å². The monoisotopic (exact) mass is 203 g/mol. The molecule has 1 aliphatic rings. The topological polar surface area (TPSA) is 3.24 Å². The minimum Gasteiger partial charge on any atom is -0.265 e. The van der Waals surface area contributed by atoms with Crippen LogP contribution in [-0.4, -0.2) is 34.7 Å². The number of hydrogen-bond acceptors (Lipinski definition) is 1. The van der Waals surface area contributed by atoms with Crippen molar-refractivity contribution < 1.29 is 0 Å². The van der Waals surface area contributed by atoms with Gasteiger partial charge in [-0.15, -0.1) is 0 Å². The number of nitrogens with zero attached hydrogens (tertiary/aromatic N) is 1. The Morgan fingerprint density at radius 3 is 2.15 bits per heavy atom. The Hall–Kier alpha value is 0.310. The molecule has 0 unspecified atom stereocenters. The van der Waals surface area contributed by atoms with Crippen molar-refractivity contribution in [3.05, 3.63) is 0 Å². The third kappa shape index (κ3) is 2.63. The Morgan fingerprint density at radius 2 is 1.77 bits per heavy atom. The van der Waals surface area contributed by atoms with E-state index in [1.54, 1.807) is 0 Å². The average Bonchev–Trinajstić information content (AvgIpc) is 2.48. The molecule has 13 heavy (non-hydrogen) atoms. The maximum absolute atomic E-state index is 2.79. The van der Waals surface area contributed by atoms with Crippen molar-refractivity contribution in [1.29, 1.82) is 0 Å². The van der Waals surface area contributed by atoms with E-state index in [9.17, 15) is 0 Å². The lowest BCUT2D eigenvalue weighted by Crippen LogP contribution is -2.35. The van der Waals surface area contributed by atoms with E-state index in [4.69, 9.17) is 0 Å². The third-order valence-corrected chi connectivity index (χ3v) is 7.08. The molecule has 2 heteroatoms. The fourth-order valence-electron chi connectivity index (χ4n) is 2.37. The first-order chi connectivity index (χ1) is 6.10. The maximum atomic E-state index is 2.79. The highest BCUT2D eigenvalue weighted by Crippen LogP contribution is 2.54. The van der Waals surface area contributed by atoms with Crippen molar-refractivity contribution in [3.63, 3.8) is 0 Å². The summed E-state index contributed by atoms with van der Waals surface area (Å²) in [5, 5.41) is 0. The van der Waals surface area contributed by atoms with Crippen molar-refractivity contribution in [2.75, 3.05) is 24.3 Å². The first-order valence-electron chi connectivity index (χ1n) is 5.60. The normalized spacial score (nSPS) is 24.2. The number of rotatable bonds is 4. The van der Waals surface area contributed by atoms with Gasteiger partial charge < -0.3 is 0 Å². The van der Waals surface area contributed by atoms with Crippen LogP contribution in [0.2, 0.25) is 0 Å². The molecule has 0 aromatic rings. The van der Waals surface area contributed by atoms with Crippen molar-refractivity contribution in [2.45, 2.75) is 46.1 Å². The van der Waals surface area contributed by atoms with Crippen molar-refractivity contribution >= 4 is 10.2 Å². The van der Waals surface area contributed by atoms with Gasteiger partial charge >= 0.3 is 0 Å². The van der Waals surface area contributed by atoms with Crippen LogP contribution in [0.25, 0.3) is 0 Å². The molecule has 0 aromatic heterocycles. The van der Waals surface area contributed by atoms with Gasteiger partial charge in [0.05, 0.1) is 0 Å². The summed E-state index contributed by atoms with van der Waals surface area (Å²) in [6.07, 6.45) is 6.79.